The summed E-state index contributed by atoms with van der Waals surface area (Å²) in [7, 11) is 2.87. The second kappa shape index (κ2) is 8.57. The van der Waals surface area contributed by atoms with Gasteiger partial charge in [0.1, 0.15) is 12.4 Å². The van der Waals surface area contributed by atoms with Crippen molar-refractivity contribution in [3.05, 3.63) is 33.9 Å². The molecule has 0 aliphatic carbocycles. The van der Waals surface area contributed by atoms with Crippen LogP contribution in [-0.2, 0) is 27.3 Å². The first-order valence-electron chi connectivity index (χ1n) is 8.48. The molecule has 0 radical (unpaired) electrons. The predicted octanol–water partition coefficient (Wildman–Crippen LogP) is 2.61. The molecule has 2 amide bonds. The molecule has 0 spiro atoms. The lowest BCUT2D eigenvalue weighted by Gasteiger charge is -2.19. The second-order valence-corrected chi connectivity index (χ2v) is 6.26. The lowest BCUT2D eigenvalue weighted by atomic mass is 9.93. The number of methoxy groups -OCH3 is 2. The van der Waals surface area contributed by atoms with Crippen LogP contribution in [0.15, 0.2) is 11.6 Å². The van der Waals surface area contributed by atoms with Crippen LogP contribution in [0.4, 0.5) is 10.5 Å². The van der Waals surface area contributed by atoms with Crippen LogP contribution in [0.2, 0.25) is 0 Å². The topological polar surface area (TPSA) is 117 Å². The van der Waals surface area contributed by atoms with E-state index in [2.05, 4.69) is 10.1 Å². The van der Waals surface area contributed by atoms with Crippen molar-refractivity contribution in [2.45, 2.75) is 39.7 Å². The number of anilines is 1. The Bertz CT molecular complexity index is 813. The van der Waals surface area contributed by atoms with Crippen molar-refractivity contribution in [3.63, 3.8) is 0 Å². The maximum absolute atomic E-state index is 12.2. The third-order valence-corrected chi connectivity index (χ3v) is 4.53. The van der Waals surface area contributed by atoms with Crippen LogP contribution in [0.3, 0.4) is 0 Å². The molecule has 1 heterocycles. The predicted molar refractivity (Wildman–Crippen MR) is 98.8 cm³/mol. The van der Waals surface area contributed by atoms with E-state index < -0.39 is 12.0 Å². The average Bonchev–Trinajstić information content (AvgIpc) is 3.02. The molecule has 2 rings (SSSR count). The summed E-state index contributed by atoms with van der Waals surface area (Å²) in [5.41, 5.74) is 8.97. The zero-order valence-electron chi connectivity index (χ0n) is 15.9. The Morgan fingerprint density at radius 3 is 2.59 bits per heavy atom. The lowest BCUT2D eigenvalue weighted by molar-refractivity contribution is -0.140. The molecule has 1 aliphatic heterocycles. The van der Waals surface area contributed by atoms with Gasteiger partial charge in [0.05, 0.1) is 25.5 Å². The molecule has 0 unspecified atom stereocenters. The van der Waals surface area contributed by atoms with E-state index in [1.165, 1.54) is 14.2 Å². The number of hydrogen-bond donors (Lipinski definition) is 2. The summed E-state index contributed by atoms with van der Waals surface area (Å²) in [6.07, 6.45) is 3.11. The molecule has 146 valence electrons. The number of carbonyl (C=O) groups is 3. The van der Waals surface area contributed by atoms with Crippen LogP contribution in [0, 0.1) is 6.92 Å². The largest absolute Gasteiger partial charge is 0.496 e. The van der Waals surface area contributed by atoms with Gasteiger partial charge in [-0.3, -0.25) is 4.79 Å². The number of esters is 2. The fourth-order valence-electron chi connectivity index (χ4n) is 3.09. The van der Waals surface area contributed by atoms with Gasteiger partial charge in [-0.2, -0.15) is 0 Å². The van der Waals surface area contributed by atoms with E-state index in [-0.39, 0.29) is 19.0 Å². The number of primary amides is 1. The highest BCUT2D eigenvalue weighted by Crippen LogP contribution is 2.41. The van der Waals surface area contributed by atoms with E-state index >= 15 is 0 Å². The number of cyclic esters (lactones) is 1. The van der Waals surface area contributed by atoms with Crippen molar-refractivity contribution in [2.24, 2.45) is 5.73 Å². The molecule has 1 aromatic carbocycles. The molecule has 1 aliphatic rings. The Hall–Kier alpha value is -3.03. The maximum Gasteiger partial charge on any atom is 0.341 e. The standard InChI is InChI=1S/C19H24N2O6/c1-10(6-8-14(22)25-3)5-7-12-16(21-19(20)24)15-13(9-27-18(15)23)11(2)17(12)26-4/h5H,6-9H2,1-4H3,(H3,20,21,24)/b10-5+. The Labute approximate surface area is 157 Å². The monoisotopic (exact) mass is 376 g/mol. The summed E-state index contributed by atoms with van der Waals surface area (Å²) >= 11 is 0. The van der Waals surface area contributed by atoms with Crippen molar-refractivity contribution < 1.29 is 28.6 Å². The number of hydrogen-bond acceptors (Lipinski definition) is 6. The Kier molecular flexibility index (Phi) is 6.44. The zero-order valence-corrected chi connectivity index (χ0v) is 15.9. The van der Waals surface area contributed by atoms with E-state index in [1.807, 2.05) is 19.9 Å². The van der Waals surface area contributed by atoms with E-state index in [0.717, 1.165) is 11.1 Å². The van der Waals surface area contributed by atoms with Crippen molar-refractivity contribution >= 4 is 23.7 Å². The SMILES string of the molecule is COC(=O)CC/C(C)=C/Cc1c(NC(N)=O)c2c(c(C)c1OC)COC2=O. The number of allylic oxidation sites excluding steroid dienone is 2. The van der Waals surface area contributed by atoms with Crippen LogP contribution in [0.25, 0.3) is 0 Å². The number of nitrogens with two attached hydrogens (primary N) is 1. The Balaban J connectivity index is 2.46. The summed E-state index contributed by atoms with van der Waals surface area (Å²) in [6, 6.07) is -0.782. The molecule has 8 heteroatoms. The van der Waals surface area contributed by atoms with Gasteiger partial charge in [0.15, 0.2) is 0 Å². The van der Waals surface area contributed by atoms with Crippen molar-refractivity contribution in [1.82, 2.24) is 0 Å². The Morgan fingerprint density at radius 1 is 1.30 bits per heavy atom. The van der Waals surface area contributed by atoms with Gasteiger partial charge >= 0.3 is 18.0 Å². The van der Waals surface area contributed by atoms with Gasteiger partial charge in [-0.05, 0) is 32.3 Å². The second-order valence-electron chi connectivity index (χ2n) is 6.26. The zero-order chi connectivity index (χ0) is 20.1. The molecule has 8 nitrogen and oxygen atoms in total. The van der Waals surface area contributed by atoms with E-state index in [1.54, 1.807) is 0 Å². The molecule has 0 saturated heterocycles. The van der Waals surface area contributed by atoms with Crippen LogP contribution in [0.1, 0.15) is 46.8 Å². The molecule has 0 atom stereocenters. The number of carbonyl (C=O) groups excluding carboxylic acids is 3. The maximum atomic E-state index is 12.2. The van der Waals surface area contributed by atoms with Gasteiger partial charge in [-0.1, -0.05) is 11.6 Å². The van der Waals surface area contributed by atoms with Crippen LogP contribution >= 0.6 is 0 Å². The molecule has 3 N–H and O–H groups in total. The highest BCUT2D eigenvalue weighted by molar-refractivity contribution is 6.05. The highest BCUT2D eigenvalue weighted by atomic mass is 16.5. The summed E-state index contributed by atoms with van der Waals surface area (Å²) in [5.74, 6) is -0.229. The first-order chi connectivity index (χ1) is 12.8. The number of benzene rings is 1. The van der Waals surface area contributed by atoms with Crippen LogP contribution < -0.4 is 15.8 Å². The fraction of sp³-hybridized carbons (Fsp3) is 0.421. The quantitative estimate of drug-likeness (QED) is 0.558. The van der Waals surface area contributed by atoms with E-state index in [9.17, 15) is 14.4 Å². The highest BCUT2D eigenvalue weighted by Gasteiger charge is 2.32. The van der Waals surface area contributed by atoms with Gasteiger partial charge in [0.2, 0.25) is 0 Å². The molecule has 0 saturated carbocycles. The van der Waals surface area contributed by atoms with Crippen molar-refractivity contribution in [1.29, 1.82) is 0 Å². The molecule has 27 heavy (non-hydrogen) atoms. The summed E-state index contributed by atoms with van der Waals surface area (Å²) in [5, 5.41) is 2.54. The number of fused-ring (bicyclic) bond motifs is 1. The Morgan fingerprint density at radius 2 is 2.00 bits per heavy atom. The summed E-state index contributed by atoms with van der Waals surface area (Å²) in [4.78, 5) is 35.0. The number of urea groups is 1. The molecule has 0 bridgehead atoms. The lowest BCUT2D eigenvalue weighted by Crippen LogP contribution is -2.22. The summed E-state index contributed by atoms with van der Waals surface area (Å²) in [6.45, 7) is 3.86. The average molecular weight is 376 g/mol. The number of ether oxygens (including phenoxy) is 3. The number of rotatable bonds is 7. The van der Waals surface area contributed by atoms with E-state index in [0.29, 0.717) is 41.0 Å². The van der Waals surface area contributed by atoms with Gasteiger partial charge in [0.25, 0.3) is 0 Å². The minimum atomic E-state index is -0.782. The minimum absolute atomic E-state index is 0.123. The van der Waals surface area contributed by atoms with Gasteiger partial charge in [-0.15, -0.1) is 0 Å². The molecule has 0 fully saturated rings. The van der Waals surface area contributed by atoms with Crippen molar-refractivity contribution in [2.75, 3.05) is 19.5 Å². The van der Waals surface area contributed by atoms with Crippen LogP contribution in [0.5, 0.6) is 5.75 Å². The van der Waals surface area contributed by atoms with Crippen LogP contribution in [-0.4, -0.2) is 32.2 Å². The third-order valence-electron chi connectivity index (χ3n) is 4.53. The third kappa shape index (κ3) is 4.39. The fourth-order valence-corrected chi connectivity index (χ4v) is 3.09. The molecular weight excluding hydrogens is 352 g/mol. The molecule has 1 aromatic rings. The van der Waals surface area contributed by atoms with Gasteiger partial charge < -0.3 is 25.3 Å². The summed E-state index contributed by atoms with van der Waals surface area (Å²) < 4.78 is 15.3. The normalized spacial score (nSPS) is 13.0. The number of nitrogens with one attached hydrogen (secondary N) is 1. The van der Waals surface area contributed by atoms with Gasteiger partial charge in [0, 0.05) is 17.5 Å². The first kappa shape index (κ1) is 20.3. The first-order valence-corrected chi connectivity index (χ1v) is 8.48. The van der Waals surface area contributed by atoms with E-state index in [4.69, 9.17) is 15.2 Å². The van der Waals surface area contributed by atoms with Gasteiger partial charge in [-0.25, -0.2) is 9.59 Å². The molecule has 0 aromatic heterocycles. The minimum Gasteiger partial charge on any atom is -0.496 e. The molecular formula is C19H24N2O6. The number of amides is 2. The smallest absolute Gasteiger partial charge is 0.341 e. The van der Waals surface area contributed by atoms with Crippen molar-refractivity contribution in [3.8, 4) is 5.75 Å².